The summed E-state index contributed by atoms with van der Waals surface area (Å²) in [6.45, 7) is 0.0203. The van der Waals surface area contributed by atoms with E-state index in [1.165, 1.54) is 6.26 Å². The van der Waals surface area contributed by atoms with Crippen LogP contribution in [-0.2, 0) is 9.59 Å². The van der Waals surface area contributed by atoms with Crippen LogP contribution in [0, 0.1) is 0 Å². The van der Waals surface area contributed by atoms with E-state index in [2.05, 4.69) is 15.4 Å². The standard InChI is InChI=1S/C16H15F3N2O5/c17-16(18,19)26-11-5-3-10(4-6-11)21-15(24)14(23)20-8-7-12(22)13-2-1-9-25-13/h1-6,9,12,22H,7-8H2,(H,20,23)(H,21,24)/t12-/m0/s1. The average molecular weight is 372 g/mol. The van der Waals surface area contributed by atoms with Crippen LogP contribution < -0.4 is 15.4 Å². The van der Waals surface area contributed by atoms with Crippen LogP contribution in [0.2, 0.25) is 0 Å². The first-order chi connectivity index (χ1) is 12.2. The number of rotatable bonds is 6. The molecule has 3 N–H and O–H groups in total. The highest BCUT2D eigenvalue weighted by Crippen LogP contribution is 2.23. The molecule has 0 aliphatic rings. The topological polar surface area (TPSA) is 101 Å². The van der Waals surface area contributed by atoms with E-state index in [-0.39, 0.29) is 18.7 Å². The molecule has 0 saturated heterocycles. The summed E-state index contributed by atoms with van der Waals surface area (Å²) in [6.07, 6.45) is -4.20. The highest BCUT2D eigenvalue weighted by molar-refractivity contribution is 6.39. The van der Waals surface area contributed by atoms with Crippen molar-refractivity contribution < 1.29 is 37.0 Å². The molecular formula is C16H15F3N2O5. The maximum Gasteiger partial charge on any atom is 0.573 e. The van der Waals surface area contributed by atoms with Gasteiger partial charge in [-0.1, -0.05) is 0 Å². The van der Waals surface area contributed by atoms with E-state index in [4.69, 9.17) is 4.42 Å². The zero-order valence-electron chi connectivity index (χ0n) is 13.2. The van der Waals surface area contributed by atoms with Gasteiger partial charge in [0, 0.05) is 12.2 Å². The average Bonchev–Trinajstić information content (AvgIpc) is 3.09. The molecule has 1 atom stereocenters. The van der Waals surface area contributed by atoms with Gasteiger partial charge in [0.05, 0.1) is 6.26 Å². The maximum atomic E-state index is 12.1. The van der Waals surface area contributed by atoms with E-state index in [1.54, 1.807) is 12.1 Å². The van der Waals surface area contributed by atoms with Gasteiger partial charge < -0.3 is 24.9 Å². The number of nitrogens with one attached hydrogen (secondary N) is 2. The van der Waals surface area contributed by atoms with Crippen molar-refractivity contribution in [1.82, 2.24) is 5.32 Å². The first-order valence-corrected chi connectivity index (χ1v) is 7.41. The molecule has 0 aliphatic heterocycles. The number of amides is 2. The van der Waals surface area contributed by atoms with Gasteiger partial charge in [-0.25, -0.2) is 0 Å². The van der Waals surface area contributed by atoms with Gasteiger partial charge >= 0.3 is 18.2 Å². The molecule has 0 unspecified atom stereocenters. The van der Waals surface area contributed by atoms with Gasteiger partial charge in [0.1, 0.15) is 17.6 Å². The van der Waals surface area contributed by atoms with Crippen LogP contribution in [0.25, 0.3) is 0 Å². The Labute approximate surface area is 145 Å². The monoisotopic (exact) mass is 372 g/mol. The van der Waals surface area contributed by atoms with E-state index in [0.717, 1.165) is 24.3 Å². The number of aliphatic hydroxyl groups is 1. The summed E-state index contributed by atoms with van der Waals surface area (Å²) in [6, 6.07) is 7.50. The SMILES string of the molecule is O=C(NCC[C@H](O)c1ccco1)C(=O)Nc1ccc(OC(F)(F)F)cc1. The van der Waals surface area contributed by atoms with Gasteiger partial charge in [-0.2, -0.15) is 0 Å². The highest BCUT2D eigenvalue weighted by atomic mass is 19.4. The van der Waals surface area contributed by atoms with Crippen LogP contribution in [-0.4, -0.2) is 29.8 Å². The van der Waals surface area contributed by atoms with Crippen molar-refractivity contribution in [2.75, 3.05) is 11.9 Å². The Morgan fingerprint density at radius 1 is 1.15 bits per heavy atom. The van der Waals surface area contributed by atoms with Gasteiger partial charge in [-0.3, -0.25) is 9.59 Å². The predicted octanol–water partition coefficient (Wildman–Crippen LogP) is 2.36. The number of benzene rings is 1. The largest absolute Gasteiger partial charge is 0.573 e. The third-order valence-electron chi connectivity index (χ3n) is 3.13. The van der Waals surface area contributed by atoms with Crippen LogP contribution >= 0.6 is 0 Å². The third-order valence-corrected chi connectivity index (χ3v) is 3.13. The van der Waals surface area contributed by atoms with Crippen LogP contribution in [0.15, 0.2) is 47.1 Å². The fourth-order valence-electron chi connectivity index (χ4n) is 1.95. The molecule has 0 radical (unpaired) electrons. The summed E-state index contributed by atoms with van der Waals surface area (Å²) in [4.78, 5) is 23.4. The number of furan rings is 1. The Hall–Kier alpha value is -3.01. The normalized spacial score (nSPS) is 12.3. The number of carbonyl (C=O) groups is 2. The number of hydrogen-bond acceptors (Lipinski definition) is 5. The van der Waals surface area contributed by atoms with Gasteiger partial charge in [0.15, 0.2) is 0 Å². The molecule has 1 heterocycles. The van der Waals surface area contributed by atoms with Gasteiger partial charge in [0.25, 0.3) is 0 Å². The molecule has 2 aromatic rings. The number of hydrogen-bond donors (Lipinski definition) is 3. The van der Waals surface area contributed by atoms with Crippen molar-refractivity contribution in [3.63, 3.8) is 0 Å². The molecule has 10 heteroatoms. The summed E-state index contributed by atoms with van der Waals surface area (Å²) >= 11 is 0. The minimum Gasteiger partial charge on any atom is -0.467 e. The van der Waals surface area contributed by atoms with Crippen LogP contribution in [0.5, 0.6) is 5.75 Å². The maximum absolute atomic E-state index is 12.1. The van der Waals surface area contributed by atoms with E-state index in [1.807, 2.05) is 0 Å². The van der Waals surface area contributed by atoms with Crippen LogP contribution in [0.1, 0.15) is 18.3 Å². The minimum absolute atomic E-state index is 0.0203. The lowest BCUT2D eigenvalue weighted by molar-refractivity contribution is -0.274. The number of anilines is 1. The number of ether oxygens (including phenoxy) is 1. The number of alkyl halides is 3. The van der Waals surface area contributed by atoms with Crippen molar-refractivity contribution in [3.8, 4) is 5.75 Å². The molecule has 140 valence electrons. The van der Waals surface area contributed by atoms with Gasteiger partial charge in [-0.15, -0.1) is 13.2 Å². The molecule has 7 nitrogen and oxygen atoms in total. The van der Waals surface area contributed by atoms with Crippen molar-refractivity contribution in [3.05, 3.63) is 48.4 Å². The lowest BCUT2D eigenvalue weighted by Crippen LogP contribution is -2.36. The molecule has 2 amide bonds. The number of aliphatic hydroxyl groups excluding tert-OH is 1. The molecule has 0 bridgehead atoms. The summed E-state index contributed by atoms with van der Waals surface area (Å²) < 4.78 is 44.9. The molecule has 1 aromatic carbocycles. The van der Waals surface area contributed by atoms with Crippen LogP contribution in [0.4, 0.5) is 18.9 Å². The first-order valence-electron chi connectivity index (χ1n) is 7.41. The zero-order valence-corrected chi connectivity index (χ0v) is 13.2. The van der Waals surface area contributed by atoms with Crippen LogP contribution in [0.3, 0.4) is 0 Å². The number of carbonyl (C=O) groups excluding carboxylic acids is 2. The minimum atomic E-state index is -4.81. The Morgan fingerprint density at radius 3 is 2.42 bits per heavy atom. The first kappa shape index (κ1) is 19.3. The summed E-state index contributed by atoms with van der Waals surface area (Å²) in [7, 11) is 0. The lowest BCUT2D eigenvalue weighted by Gasteiger charge is -2.10. The second-order valence-electron chi connectivity index (χ2n) is 5.10. The molecular weight excluding hydrogens is 357 g/mol. The smallest absolute Gasteiger partial charge is 0.467 e. The van der Waals surface area contributed by atoms with E-state index in [9.17, 15) is 27.9 Å². The Morgan fingerprint density at radius 2 is 1.85 bits per heavy atom. The Balaban J connectivity index is 1.77. The third kappa shape index (κ3) is 6.13. The van der Waals surface area contributed by atoms with E-state index >= 15 is 0 Å². The van der Waals surface area contributed by atoms with Gasteiger partial charge in [-0.05, 0) is 42.8 Å². The number of halogens is 3. The molecule has 2 rings (SSSR count). The van der Waals surface area contributed by atoms with E-state index < -0.39 is 30.0 Å². The quantitative estimate of drug-likeness (QED) is 0.676. The molecule has 0 fully saturated rings. The zero-order chi connectivity index (χ0) is 19.2. The summed E-state index contributed by atoms with van der Waals surface area (Å²) in [5, 5.41) is 14.3. The van der Waals surface area contributed by atoms with Gasteiger partial charge in [0.2, 0.25) is 0 Å². The Kier molecular flexibility index (Phi) is 6.23. The van der Waals surface area contributed by atoms with Crippen molar-refractivity contribution >= 4 is 17.5 Å². The molecule has 0 saturated carbocycles. The Bertz CT molecular complexity index is 729. The van der Waals surface area contributed by atoms with Crippen molar-refractivity contribution in [2.45, 2.75) is 18.9 Å². The molecule has 0 aliphatic carbocycles. The highest BCUT2D eigenvalue weighted by Gasteiger charge is 2.31. The second kappa shape index (κ2) is 8.39. The summed E-state index contributed by atoms with van der Waals surface area (Å²) in [5.74, 6) is -2.06. The van der Waals surface area contributed by atoms with Crippen molar-refractivity contribution in [1.29, 1.82) is 0 Å². The summed E-state index contributed by atoms with van der Waals surface area (Å²) in [5.41, 5.74) is 0.121. The molecule has 1 aromatic heterocycles. The molecule has 26 heavy (non-hydrogen) atoms. The second-order valence-corrected chi connectivity index (χ2v) is 5.10. The van der Waals surface area contributed by atoms with Crippen molar-refractivity contribution in [2.24, 2.45) is 0 Å². The molecule has 0 spiro atoms. The van der Waals surface area contributed by atoms with E-state index in [0.29, 0.717) is 5.76 Å². The fourth-order valence-corrected chi connectivity index (χ4v) is 1.95. The predicted molar refractivity (Wildman–Crippen MR) is 83.0 cm³/mol. The lowest BCUT2D eigenvalue weighted by atomic mass is 10.2. The fraction of sp³-hybridized carbons (Fsp3) is 0.250.